The van der Waals surface area contributed by atoms with Crippen LogP contribution in [0.25, 0.3) is 0 Å². The van der Waals surface area contributed by atoms with E-state index in [1.165, 1.54) is 0 Å². The molecule has 0 atom stereocenters. The molecule has 19 heavy (non-hydrogen) atoms. The quantitative estimate of drug-likeness (QED) is 0.627. The predicted octanol–water partition coefficient (Wildman–Crippen LogP) is 0.477. The Bertz CT molecular complexity index is 432. The molecular weight excluding hydrogens is 244 g/mol. The zero-order chi connectivity index (χ0) is 14.1. The highest BCUT2D eigenvalue weighted by molar-refractivity contribution is 5.94. The Hall–Kier alpha value is -1.88. The van der Waals surface area contributed by atoms with Crippen LogP contribution in [0.1, 0.15) is 28.8 Å². The van der Waals surface area contributed by atoms with Crippen molar-refractivity contribution >= 4 is 11.8 Å². The van der Waals surface area contributed by atoms with Crippen molar-refractivity contribution in [2.24, 2.45) is 0 Å². The molecule has 0 fully saturated rings. The van der Waals surface area contributed by atoms with Gasteiger partial charge < -0.3 is 15.7 Å². The van der Waals surface area contributed by atoms with Crippen LogP contribution in [0.5, 0.6) is 0 Å². The molecule has 1 aromatic carbocycles. The maximum absolute atomic E-state index is 11.5. The van der Waals surface area contributed by atoms with Gasteiger partial charge in [0, 0.05) is 32.2 Å². The smallest absolute Gasteiger partial charge is 0.251 e. The Balaban J connectivity index is 2.44. The fraction of sp³-hybridized carbons (Fsp3) is 0.429. The second-order valence-corrected chi connectivity index (χ2v) is 4.21. The van der Waals surface area contributed by atoms with E-state index >= 15 is 0 Å². The maximum atomic E-state index is 11.5. The molecule has 0 radical (unpaired) electrons. The standard InChI is InChI=1S/C14H20N2O3/c1-15-14(19)12-5-2-4-11(10-12)6-7-13(18)16-8-3-9-17/h2,4-5,10,17H,3,6-9H2,1H3,(H,15,19)(H,16,18). The minimum absolute atomic E-state index is 0.0428. The Morgan fingerprint density at radius 1 is 1.32 bits per heavy atom. The van der Waals surface area contributed by atoms with E-state index in [4.69, 9.17) is 5.11 Å². The van der Waals surface area contributed by atoms with Crippen molar-refractivity contribution in [3.05, 3.63) is 35.4 Å². The average Bonchev–Trinajstić information content (AvgIpc) is 2.45. The number of rotatable bonds is 7. The highest BCUT2D eigenvalue weighted by Gasteiger charge is 2.05. The van der Waals surface area contributed by atoms with Crippen molar-refractivity contribution in [2.45, 2.75) is 19.3 Å². The van der Waals surface area contributed by atoms with Crippen LogP contribution in [0.4, 0.5) is 0 Å². The molecule has 104 valence electrons. The van der Waals surface area contributed by atoms with Crippen molar-refractivity contribution in [3.63, 3.8) is 0 Å². The van der Waals surface area contributed by atoms with Gasteiger partial charge in [-0.15, -0.1) is 0 Å². The first kappa shape index (κ1) is 15.2. The van der Waals surface area contributed by atoms with E-state index in [-0.39, 0.29) is 18.4 Å². The van der Waals surface area contributed by atoms with Crippen LogP contribution in [0.3, 0.4) is 0 Å². The van der Waals surface area contributed by atoms with E-state index in [2.05, 4.69) is 10.6 Å². The normalized spacial score (nSPS) is 10.0. The summed E-state index contributed by atoms with van der Waals surface area (Å²) in [7, 11) is 1.59. The van der Waals surface area contributed by atoms with Crippen molar-refractivity contribution in [3.8, 4) is 0 Å². The lowest BCUT2D eigenvalue weighted by Crippen LogP contribution is -2.25. The molecule has 2 amide bonds. The van der Waals surface area contributed by atoms with Gasteiger partial charge in [-0.1, -0.05) is 12.1 Å². The van der Waals surface area contributed by atoms with E-state index in [1.54, 1.807) is 19.2 Å². The zero-order valence-electron chi connectivity index (χ0n) is 11.1. The minimum atomic E-state index is -0.130. The van der Waals surface area contributed by atoms with Crippen LogP contribution in [-0.4, -0.2) is 37.1 Å². The predicted molar refractivity (Wildman–Crippen MR) is 72.9 cm³/mol. The summed E-state index contributed by atoms with van der Waals surface area (Å²) in [5, 5.41) is 13.9. The van der Waals surface area contributed by atoms with E-state index in [0.29, 0.717) is 31.4 Å². The van der Waals surface area contributed by atoms with Crippen LogP contribution in [0, 0.1) is 0 Å². The van der Waals surface area contributed by atoms with Gasteiger partial charge in [-0.25, -0.2) is 0 Å². The first-order chi connectivity index (χ1) is 9.17. The molecule has 0 saturated heterocycles. The number of aliphatic hydroxyl groups is 1. The molecule has 0 aliphatic rings. The highest BCUT2D eigenvalue weighted by atomic mass is 16.3. The van der Waals surface area contributed by atoms with Crippen molar-refractivity contribution in [1.82, 2.24) is 10.6 Å². The lowest BCUT2D eigenvalue weighted by molar-refractivity contribution is -0.121. The Kier molecular flexibility index (Phi) is 6.60. The lowest BCUT2D eigenvalue weighted by Gasteiger charge is -2.06. The third-order valence-electron chi connectivity index (χ3n) is 2.71. The lowest BCUT2D eigenvalue weighted by atomic mass is 10.1. The van der Waals surface area contributed by atoms with Gasteiger partial charge in [0.1, 0.15) is 0 Å². The van der Waals surface area contributed by atoms with Gasteiger partial charge in [-0.2, -0.15) is 0 Å². The Labute approximate surface area is 113 Å². The summed E-state index contributed by atoms with van der Waals surface area (Å²) < 4.78 is 0. The second-order valence-electron chi connectivity index (χ2n) is 4.21. The molecule has 1 rings (SSSR count). The molecular formula is C14H20N2O3. The molecule has 3 N–H and O–H groups in total. The van der Waals surface area contributed by atoms with Crippen LogP contribution in [0.15, 0.2) is 24.3 Å². The summed E-state index contributed by atoms with van der Waals surface area (Å²) in [5.41, 5.74) is 1.55. The summed E-state index contributed by atoms with van der Waals surface area (Å²) in [6.45, 7) is 0.571. The second kappa shape index (κ2) is 8.26. The number of carbonyl (C=O) groups is 2. The topological polar surface area (TPSA) is 78.4 Å². The first-order valence-electron chi connectivity index (χ1n) is 6.36. The number of aryl methyl sites for hydroxylation is 1. The molecule has 0 heterocycles. The number of nitrogens with one attached hydrogen (secondary N) is 2. The molecule has 1 aromatic rings. The summed E-state index contributed by atoms with van der Waals surface area (Å²) in [4.78, 5) is 23.0. The van der Waals surface area contributed by atoms with Crippen LogP contribution in [0.2, 0.25) is 0 Å². The van der Waals surface area contributed by atoms with Crippen molar-refractivity contribution in [1.29, 1.82) is 0 Å². The van der Waals surface area contributed by atoms with Gasteiger partial charge >= 0.3 is 0 Å². The van der Waals surface area contributed by atoms with Gasteiger partial charge in [-0.05, 0) is 30.5 Å². The number of amides is 2. The molecule has 5 nitrogen and oxygen atoms in total. The van der Waals surface area contributed by atoms with Gasteiger partial charge in [0.05, 0.1) is 0 Å². The SMILES string of the molecule is CNC(=O)c1cccc(CCC(=O)NCCCO)c1. The molecule has 5 heteroatoms. The van der Waals surface area contributed by atoms with E-state index < -0.39 is 0 Å². The Morgan fingerprint density at radius 3 is 2.79 bits per heavy atom. The Morgan fingerprint density at radius 2 is 2.11 bits per heavy atom. The van der Waals surface area contributed by atoms with E-state index in [9.17, 15) is 9.59 Å². The summed E-state index contributed by atoms with van der Waals surface area (Å²) >= 11 is 0. The van der Waals surface area contributed by atoms with Gasteiger partial charge in [0.25, 0.3) is 5.91 Å². The number of aliphatic hydroxyl groups excluding tert-OH is 1. The first-order valence-corrected chi connectivity index (χ1v) is 6.36. The number of carbonyl (C=O) groups excluding carboxylic acids is 2. The van der Waals surface area contributed by atoms with Crippen molar-refractivity contribution < 1.29 is 14.7 Å². The van der Waals surface area contributed by atoms with Crippen molar-refractivity contribution in [2.75, 3.05) is 20.2 Å². The molecule has 0 unspecified atom stereocenters. The monoisotopic (exact) mass is 264 g/mol. The fourth-order valence-corrected chi connectivity index (χ4v) is 1.67. The van der Waals surface area contributed by atoms with E-state index in [0.717, 1.165) is 5.56 Å². The minimum Gasteiger partial charge on any atom is -0.396 e. The van der Waals surface area contributed by atoms with Gasteiger partial charge in [-0.3, -0.25) is 9.59 Å². The average molecular weight is 264 g/mol. The van der Waals surface area contributed by atoms with Gasteiger partial charge in [0.15, 0.2) is 0 Å². The number of hydrogen-bond acceptors (Lipinski definition) is 3. The van der Waals surface area contributed by atoms with Crippen LogP contribution in [-0.2, 0) is 11.2 Å². The van der Waals surface area contributed by atoms with Crippen LogP contribution >= 0.6 is 0 Å². The molecule has 0 aliphatic carbocycles. The summed E-state index contributed by atoms with van der Waals surface area (Å²) in [5.74, 6) is -0.173. The summed E-state index contributed by atoms with van der Waals surface area (Å²) in [6.07, 6.45) is 1.54. The molecule has 0 aromatic heterocycles. The molecule has 0 saturated carbocycles. The van der Waals surface area contributed by atoms with Crippen LogP contribution < -0.4 is 10.6 Å². The van der Waals surface area contributed by atoms with E-state index in [1.807, 2.05) is 12.1 Å². The van der Waals surface area contributed by atoms with Gasteiger partial charge in [0.2, 0.25) is 5.91 Å². The molecule has 0 aliphatic heterocycles. The molecule has 0 spiro atoms. The number of benzene rings is 1. The summed E-state index contributed by atoms with van der Waals surface area (Å²) in [6, 6.07) is 7.24. The fourth-order valence-electron chi connectivity index (χ4n) is 1.67. The third kappa shape index (κ3) is 5.52. The largest absolute Gasteiger partial charge is 0.396 e. The zero-order valence-corrected chi connectivity index (χ0v) is 11.1. The molecule has 0 bridgehead atoms. The maximum Gasteiger partial charge on any atom is 0.251 e. The number of hydrogen-bond donors (Lipinski definition) is 3. The third-order valence-corrected chi connectivity index (χ3v) is 2.71. The highest BCUT2D eigenvalue weighted by Crippen LogP contribution is 2.07.